The first-order valence-electron chi connectivity index (χ1n) is 16.1. The summed E-state index contributed by atoms with van der Waals surface area (Å²) in [5, 5.41) is 8.39. The molecule has 0 saturated carbocycles. The second-order valence-electron chi connectivity index (χ2n) is 14.2. The molecule has 7 heteroatoms. The van der Waals surface area contributed by atoms with Gasteiger partial charge in [-0.25, -0.2) is 4.98 Å². The van der Waals surface area contributed by atoms with Crippen molar-refractivity contribution < 1.29 is 28.9 Å². The zero-order valence-corrected chi connectivity index (χ0v) is 31.7. The van der Waals surface area contributed by atoms with Crippen LogP contribution in [-0.4, -0.2) is 23.0 Å². The van der Waals surface area contributed by atoms with Crippen molar-refractivity contribution in [2.45, 2.75) is 45.8 Å². The summed E-state index contributed by atoms with van der Waals surface area (Å²) in [7, 11) is -1.30. The summed E-state index contributed by atoms with van der Waals surface area (Å²) in [4.78, 5) is 13.4. The van der Waals surface area contributed by atoms with Crippen LogP contribution in [0.2, 0.25) is 19.6 Å². The van der Waals surface area contributed by atoms with E-state index in [9.17, 15) is 4.39 Å². The average Bonchev–Trinajstić information content (AvgIpc) is 3.45. The molecule has 3 aromatic heterocycles. The maximum Gasteiger partial charge on any atom is 0.121 e. The summed E-state index contributed by atoms with van der Waals surface area (Å²) in [6.07, 6.45) is 3.56. The van der Waals surface area contributed by atoms with Gasteiger partial charge in [0.25, 0.3) is 0 Å². The number of hydrogen-bond acceptors (Lipinski definition) is 4. The van der Waals surface area contributed by atoms with Crippen LogP contribution in [0.4, 0.5) is 4.39 Å². The molecule has 0 N–H and O–H groups in total. The Hall–Kier alpha value is -4.55. The fourth-order valence-corrected chi connectivity index (χ4v) is 6.93. The number of benzene rings is 5. The molecular formula is C42H36FIrN3OSi-2. The van der Waals surface area contributed by atoms with Gasteiger partial charge in [-0.3, -0.25) is 9.37 Å². The topological polar surface area (TPSA) is 51.8 Å². The summed E-state index contributed by atoms with van der Waals surface area (Å²) >= 11 is 0. The number of halogens is 1. The fraction of sp³-hybridized carbons (Fsp3) is 0.167. The van der Waals surface area contributed by atoms with E-state index in [2.05, 4.69) is 128 Å². The molecule has 247 valence electrons. The molecule has 0 unspecified atom stereocenters. The normalized spacial score (nSPS) is 11.8. The minimum atomic E-state index is -1.30. The van der Waals surface area contributed by atoms with Gasteiger partial charge < -0.3 is 9.40 Å². The van der Waals surface area contributed by atoms with Crippen LogP contribution >= 0.6 is 0 Å². The second kappa shape index (κ2) is 13.4. The predicted molar refractivity (Wildman–Crippen MR) is 199 cm³/mol. The smallest absolute Gasteiger partial charge is 0.121 e. The van der Waals surface area contributed by atoms with Crippen molar-refractivity contribution in [3.63, 3.8) is 0 Å². The van der Waals surface area contributed by atoms with Gasteiger partial charge in [-0.15, -0.1) is 48.0 Å². The molecule has 0 aliphatic carbocycles. The Morgan fingerprint density at radius 1 is 0.714 bits per heavy atom. The Morgan fingerprint density at radius 2 is 1.51 bits per heavy atom. The Morgan fingerprint density at radius 3 is 2.22 bits per heavy atom. The van der Waals surface area contributed by atoms with Crippen LogP contribution in [0.1, 0.15) is 26.5 Å². The van der Waals surface area contributed by atoms with Gasteiger partial charge in [0.15, 0.2) is 0 Å². The first kappa shape index (κ1) is 34.3. The molecule has 0 bridgehead atoms. The van der Waals surface area contributed by atoms with Gasteiger partial charge in [0.05, 0.1) is 13.7 Å². The van der Waals surface area contributed by atoms with Gasteiger partial charge in [0.2, 0.25) is 0 Å². The van der Waals surface area contributed by atoms with E-state index in [0.717, 1.165) is 50.1 Å². The second-order valence-corrected chi connectivity index (χ2v) is 19.3. The third kappa shape index (κ3) is 6.97. The van der Waals surface area contributed by atoms with Gasteiger partial charge >= 0.3 is 0 Å². The van der Waals surface area contributed by atoms with E-state index in [4.69, 9.17) is 4.42 Å². The van der Waals surface area contributed by atoms with Crippen LogP contribution in [0.25, 0.3) is 66.0 Å². The predicted octanol–water partition coefficient (Wildman–Crippen LogP) is 10.7. The zero-order valence-electron chi connectivity index (χ0n) is 28.4. The molecule has 0 spiro atoms. The van der Waals surface area contributed by atoms with E-state index < -0.39 is 8.07 Å². The molecule has 0 aliphatic heterocycles. The monoisotopic (exact) mass is 838 g/mol. The van der Waals surface area contributed by atoms with Crippen LogP contribution in [0.5, 0.6) is 0 Å². The summed E-state index contributed by atoms with van der Waals surface area (Å²) in [6, 6.07) is 38.1. The van der Waals surface area contributed by atoms with Crippen LogP contribution in [0.15, 0.2) is 114 Å². The first-order chi connectivity index (χ1) is 23.0. The van der Waals surface area contributed by atoms with Crippen LogP contribution in [0, 0.1) is 17.9 Å². The Labute approximate surface area is 300 Å². The number of aromatic nitrogens is 3. The average molecular weight is 838 g/mol. The van der Waals surface area contributed by atoms with E-state index >= 15 is 0 Å². The van der Waals surface area contributed by atoms with Crippen molar-refractivity contribution in [3.8, 4) is 22.5 Å². The van der Waals surface area contributed by atoms with Crippen LogP contribution in [0.3, 0.4) is 0 Å². The molecule has 1 radical (unpaired) electrons. The number of hydrogen-bond donors (Lipinski definition) is 0. The molecule has 0 fully saturated rings. The van der Waals surface area contributed by atoms with Crippen molar-refractivity contribution >= 4 is 56.7 Å². The molecule has 0 aliphatic rings. The molecule has 49 heavy (non-hydrogen) atoms. The molecule has 0 atom stereocenters. The maximum atomic E-state index is 12.8. The molecule has 0 saturated heterocycles. The number of furan rings is 1. The van der Waals surface area contributed by atoms with Gasteiger partial charge in [-0.2, -0.15) is 0 Å². The summed E-state index contributed by atoms with van der Waals surface area (Å²) < 4.78 is 19.2. The largest absolute Gasteiger partial charge is 0.501 e. The fourth-order valence-electron chi connectivity index (χ4n) is 5.90. The van der Waals surface area contributed by atoms with Crippen molar-refractivity contribution in [1.82, 2.24) is 15.0 Å². The molecular weight excluding hydrogens is 802 g/mol. The van der Waals surface area contributed by atoms with Crippen molar-refractivity contribution in [1.29, 1.82) is 0 Å². The van der Waals surface area contributed by atoms with Gasteiger partial charge in [-0.1, -0.05) is 106 Å². The van der Waals surface area contributed by atoms with Crippen LogP contribution < -0.4 is 5.19 Å². The first-order valence-corrected chi connectivity index (χ1v) is 19.6. The Bertz CT molecular complexity index is 2430. The number of rotatable bonds is 3. The quantitative estimate of drug-likeness (QED) is 0.101. The van der Waals surface area contributed by atoms with Crippen molar-refractivity contribution in [2.24, 2.45) is 0 Å². The summed E-state index contributed by atoms with van der Waals surface area (Å²) in [5.41, 5.74) is 6.01. The van der Waals surface area contributed by atoms with Crippen LogP contribution in [-0.2, 0) is 25.5 Å². The maximum absolute atomic E-state index is 12.8. The minimum Gasteiger partial charge on any atom is -0.501 e. The molecule has 0 amide bonds. The molecule has 4 nitrogen and oxygen atoms in total. The van der Waals surface area contributed by atoms with E-state index in [1.54, 1.807) is 12.4 Å². The molecule has 3 heterocycles. The standard InChI is InChI=1S/C28H21N2O.C14H15FNSi.Ir/c1-28(2,3)26-15-24(29-16-30-26)21-10-6-9-20-23-13-18-12-11-17-7-4-5-8-19(17)22(18)14-25(23)31-27(20)21;1-17(2,3)13-8-9-14(16-10-13)11-4-6-12(15)7-5-11;/h4-9,11-16H,1-3H3;4,6-10H,1-3H3;/q2*-1;. The summed E-state index contributed by atoms with van der Waals surface area (Å²) in [6.45, 7) is 13.3. The third-order valence-electron chi connectivity index (χ3n) is 8.67. The third-order valence-corrected chi connectivity index (χ3v) is 10.7. The minimum absolute atomic E-state index is 0. The van der Waals surface area contributed by atoms with E-state index in [0.29, 0.717) is 0 Å². The van der Waals surface area contributed by atoms with Gasteiger partial charge in [0.1, 0.15) is 11.9 Å². The number of pyridine rings is 1. The SMILES string of the molecule is CC(C)(C)c1cc(-c2[c-]ccc3c2oc2cc4c(ccc5ccccc54)cc23)ncn1.C[Si](C)(C)c1ccc(-c2[c-]cc(F)cc2)nc1.[Ir]. The molecule has 8 aromatic rings. The van der Waals surface area contributed by atoms with Gasteiger partial charge in [0, 0.05) is 48.6 Å². The van der Waals surface area contributed by atoms with E-state index in [1.165, 1.54) is 38.9 Å². The Balaban J connectivity index is 0.000000198. The Kier molecular flexibility index (Phi) is 9.38. The molecule has 8 rings (SSSR count). The van der Waals surface area contributed by atoms with Gasteiger partial charge in [-0.05, 0) is 50.3 Å². The van der Waals surface area contributed by atoms with E-state index in [1.807, 2.05) is 24.4 Å². The van der Waals surface area contributed by atoms with E-state index in [-0.39, 0.29) is 31.3 Å². The number of nitrogens with zero attached hydrogens (tertiary/aromatic N) is 3. The molecule has 5 aromatic carbocycles. The van der Waals surface area contributed by atoms with Crippen molar-refractivity contribution in [2.75, 3.05) is 0 Å². The summed E-state index contributed by atoms with van der Waals surface area (Å²) in [5.74, 6) is -0.271. The van der Waals surface area contributed by atoms with Crippen molar-refractivity contribution in [3.05, 3.63) is 133 Å². The number of fused-ring (bicyclic) bond motifs is 6. The zero-order chi connectivity index (χ0) is 33.6.